The second-order valence-electron chi connectivity index (χ2n) is 2.81. The number of carbonyl (C=O) groups excluding carboxylic acids is 1. The summed E-state index contributed by atoms with van der Waals surface area (Å²) in [5.41, 5.74) is 0. The van der Waals surface area contributed by atoms with Crippen LogP contribution in [0.15, 0.2) is 30.5 Å². The summed E-state index contributed by atoms with van der Waals surface area (Å²) in [5.74, 6) is 1.96. The Balaban J connectivity index is 2.53. The Morgan fingerprint density at radius 2 is 2.24 bits per heavy atom. The maximum Gasteiger partial charge on any atom is 0.334 e. The summed E-state index contributed by atoms with van der Waals surface area (Å²) in [6.07, 6.45) is 7.18. The van der Waals surface area contributed by atoms with Gasteiger partial charge in [-0.25, -0.2) is 4.79 Å². The van der Waals surface area contributed by atoms with Gasteiger partial charge in [0, 0.05) is 5.02 Å². The van der Waals surface area contributed by atoms with Crippen LogP contribution in [-0.2, 0) is 9.53 Å². The molecule has 0 aliphatic carbocycles. The highest BCUT2D eigenvalue weighted by Crippen LogP contribution is 2.27. The Hall–Kier alpha value is -1.63. The van der Waals surface area contributed by atoms with Gasteiger partial charge in [-0.3, -0.25) is 0 Å². The predicted octanol–water partition coefficient (Wildman–Crippen LogP) is 3.06. The third-order valence-electron chi connectivity index (χ3n) is 1.59. The fourth-order valence-electron chi connectivity index (χ4n) is 0.895. The molecule has 0 bridgehead atoms. The Labute approximate surface area is 109 Å². The largest absolute Gasteiger partial charge is 0.463 e. The molecule has 0 aromatic heterocycles. The van der Waals surface area contributed by atoms with Crippen molar-refractivity contribution in [2.75, 3.05) is 6.61 Å². The van der Waals surface area contributed by atoms with Gasteiger partial charge in [-0.05, 0) is 18.2 Å². The molecule has 0 heterocycles. The van der Waals surface area contributed by atoms with E-state index in [1.165, 1.54) is 6.07 Å². The van der Waals surface area contributed by atoms with E-state index in [1.807, 2.05) is 0 Å². The molecule has 0 radical (unpaired) electrons. The van der Waals surface area contributed by atoms with Crippen LogP contribution in [0.25, 0.3) is 0 Å². The third kappa shape index (κ3) is 4.81. The lowest BCUT2D eigenvalue weighted by atomic mass is 10.3. The van der Waals surface area contributed by atoms with Crippen LogP contribution in [0.2, 0.25) is 10.0 Å². The molecule has 0 fully saturated rings. The average Bonchev–Trinajstić information content (AvgIpc) is 2.29. The van der Waals surface area contributed by atoms with Crippen molar-refractivity contribution in [1.82, 2.24) is 0 Å². The second kappa shape index (κ2) is 6.85. The lowest BCUT2D eigenvalue weighted by Crippen LogP contribution is -2.00. The van der Waals surface area contributed by atoms with Gasteiger partial charge in [0.05, 0.1) is 17.4 Å². The summed E-state index contributed by atoms with van der Waals surface area (Å²) in [6, 6.07) is 4.73. The first-order chi connectivity index (χ1) is 8.13. The van der Waals surface area contributed by atoms with Crippen LogP contribution in [0.4, 0.5) is 0 Å². The molecule has 0 N–H and O–H groups in total. The zero-order valence-electron chi connectivity index (χ0n) is 8.65. The summed E-state index contributed by atoms with van der Waals surface area (Å²) < 4.78 is 9.70. The van der Waals surface area contributed by atoms with Gasteiger partial charge in [0.25, 0.3) is 0 Å². The fraction of sp³-hybridized carbons (Fsp3) is 0.0833. The molecule has 0 amide bonds. The maximum atomic E-state index is 11.0. The standard InChI is InChI=1S/C12H8Cl2O3/c1-2-6-17-12(15)5-7-16-11-4-3-9(13)8-10(11)14/h1,3-5,7-8H,6H2. The summed E-state index contributed by atoms with van der Waals surface area (Å²) in [6.45, 7) is -0.0785. The Morgan fingerprint density at radius 3 is 2.88 bits per heavy atom. The SMILES string of the molecule is C#CCOC(=O)C=COc1ccc(Cl)cc1Cl. The van der Waals surface area contributed by atoms with E-state index in [0.717, 1.165) is 12.3 Å². The molecular formula is C12H8Cl2O3. The van der Waals surface area contributed by atoms with Crippen LogP contribution >= 0.6 is 23.2 Å². The molecule has 5 heteroatoms. The van der Waals surface area contributed by atoms with Crippen LogP contribution in [-0.4, -0.2) is 12.6 Å². The summed E-state index contributed by atoms with van der Waals surface area (Å²) in [7, 11) is 0. The number of hydrogen-bond acceptors (Lipinski definition) is 3. The first kappa shape index (κ1) is 13.4. The molecule has 0 saturated heterocycles. The summed E-state index contributed by atoms with van der Waals surface area (Å²) in [4.78, 5) is 11.0. The number of carbonyl (C=O) groups is 1. The van der Waals surface area contributed by atoms with Gasteiger partial charge in [-0.1, -0.05) is 29.1 Å². The van der Waals surface area contributed by atoms with Crippen LogP contribution in [0, 0.1) is 12.3 Å². The quantitative estimate of drug-likeness (QED) is 0.365. The van der Waals surface area contributed by atoms with E-state index in [0.29, 0.717) is 15.8 Å². The highest BCUT2D eigenvalue weighted by molar-refractivity contribution is 6.35. The van der Waals surface area contributed by atoms with Crippen LogP contribution in [0.3, 0.4) is 0 Å². The molecule has 0 aliphatic rings. The molecule has 0 saturated carbocycles. The highest BCUT2D eigenvalue weighted by Gasteiger charge is 2.01. The highest BCUT2D eigenvalue weighted by atomic mass is 35.5. The van der Waals surface area contributed by atoms with Gasteiger partial charge >= 0.3 is 5.97 Å². The van der Waals surface area contributed by atoms with Gasteiger partial charge in [-0.15, -0.1) is 6.42 Å². The topological polar surface area (TPSA) is 35.5 Å². The summed E-state index contributed by atoms with van der Waals surface area (Å²) in [5, 5.41) is 0.846. The molecule has 0 aliphatic heterocycles. The van der Waals surface area contributed by atoms with Gasteiger partial charge in [0.1, 0.15) is 5.75 Å². The van der Waals surface area contributed by atoms with Crippen molar-refractivity contribution < 1.29 is 14.3 Å². The molecule has 0 atom stereocenters. The first-order valence-corrected chi connectivity index (χ1v) is 5.27. The Bertz CT molecular complexity index is 475. The molecular weight excluding hydrogens is 263 g/mol. The number of halogens is 2. The maximum absolute atomic E-state index is 11.0. The van der Waals surface area contributed by atoms with E-state index in [1.54, 1.807) is 12.1 Å². The van der Waals surface area contributed by atoms with Crippen molar-refractivity contribution >= 4 is 29.2 Å². The number of esters is 1. The van der Waals surface area contributed by atoms with Crippen molar-refractivity contribution in [2.24, 2.45) is 0 Å². The molecule has 1 aromatic carbocycles. The lowest BCUT2D eigenvalue weighted by molar-refractivity contribution is -0.136. The van der Waals surface area contributed by atoms with E-state index < -0.39 is 5.97 Å². The summed E-state index contributed by atoms with van der Waals surface area (Å²) >= 11 is 11.6. The van der Waals surface area contributed by atoms with Crippen LogP contribution in [0.5, 0.6) is 5.75 Å². The zero-order chi connectivity index (χ0) is 12.7. The smallest absolute Gasteiger partial charge is 0.334 e. The molecule has 88 valence electrons. The first-order valence-electron chi connectivity index (χ1n) is 4.52. The number of rotatable bonds is 4. The van der Waals surface area contributed by atoms with Crippen molar-refractivity contribution in [3.8, 4) is 18.1 Å². The fourth-order valence-corrected chi connectivity index (χ4v) is 1.35. The lowest BCUT2D eigenvalue weighted by Gasteiger charge is -2.02. The van der Waals surface area contributed by atoms with Gasteiger partial charge in [-0.2, -0.15) is 0 Å². The normalized spacial score (nSPS) is 9.94. The van der Waals surface area contributed by atoms with Gasteiger partial charge in [0.15, 0.2) is 6.61 Å². The minimum atomic E-state index is -0.590. The minimum absolute atomic E-state index is 0.0785. The van der Waals surface area contributed by atoms with E-state index in [2.05, 4.69) is 10.7 Å². The molecule has 1 aromatic rings. The van der Waals surface area contributed by atoms with Gasteiger partial charge in [0.2, 0.25) is 0 Å². The molecule has 17 heavy (non-hydrogen) atoms. The number of terminal acetylenes is 1. The van der Waals surface area contributed by atoms with Crippen molar-refractivity contribution in [3.05, 3.63) is 40.6 Å². The van der Waals surface area contributed by atoms with E-state index in [9.17, 15) is 4.79 Å². The van der Waals surface area contributed by atoms with Crippen molar-refractivity contribution in [1.29, 1.82) is 0 Å². The molecule has 1 rings (SSSR count). The minimum Gasteiger partial charge on any atom is -0.463 e. The van der Waals surface area contributed by atoms with Crippen LogP contribution < -0.4 is 4.74 Å². The van der Waals surface area contributed by atoms with Gasteiger partial charge < -0.3 is 9.47 Å². The molecule has 0 spiro atoms. The predicted molar refractivity (Wildman–Crippen MR) is 66.0 cm³/mol. The third-order valence-corrected chi connectivity index (χ3v) is 2.12. The van der Waals surface area contributed by atoms with E-state index in [-0.39, 0.29) is 6.61 Å². The number of benzene rings is 1. The Morgan fingerprint density at radius 1 is 1.47 bits per heavy atom. The van der Waals surface area contributed by atoms with Crippen LogP contribution in [0.1, 0.15) is 0 Å². The molecule has 3 nitrogen and oxygen atoms in total. The second-order valence-corrected chi connectivity index (χ2v) is 3.65. The van der Waals surface area contributed by atoms with E-state index in [4.69, 9.17) is 34.4 Å². The number of hydrogen-bond donors (Lipinski definition) is 0. The monoisotopic (exact) mass is 270 g/mol. The zero-order valence-corrected chi connectivity index (χ0v) is 10.2. The van der Waals surface area contributed by atoms with Crippen molar-refractivity contribution in [3.63, 3.8) is 0 Å². The Kier molecular flexibility index (Phi) is 5.41. The van der Waals surface area contributed by atoms with E-state index >= 15 is 0 Å². The molecule has 0 unspecified atom stereocenters. The van der Waals surface area contributed by atoms with Crippen molar-refractivity contribution in [2.45, 2.75) is 0 Å². The average molecular weight is 271 g/mol. The number of ether oxygens (including phenoxy) is 2.